The van der Waals surface area contributed by atoms with Gasteiger partial charge in [0.15, 0.2) is 22.9 Å². The second kappa shape index (κ2) is 30.6. The van der Waals surface area contributed by atoms with E-state index in [1.807, 2.05) is 0 Å². The molecule has 6 N–H and O–H groups in total. The molecule has 1 saturated heterocycles. The lowest BCUT2D eigenvalue weighted by molar-refractivity contribution is -0.386. The number of carbonyl (C=O) groups is 8. The maximum Gasteiger partial charge on any atom is 0.509 e. The molecule has 3 amide bonds. The number of fused-ring (bicyclic) bond motifs is 5. The van der Waals surface area contributed by atoms with Crippen molar-refractivity contribution in [1.82, 2.24) is 16.0 Å². The van der Waals surface area contributed by atoms with Crippen LogP contribution in [0.15, 0.2) is 96.1 Å². The Morgan fingerprint density at radius 2 is 1.53 bits per heavy atom. The molecule has 3 unspecified atom stereocenters. The molecule has 3 fully saturated rings. The fraction of sp³-hybridized carbons (Fsp3) is 0.565. The number of nitrogens with zero attached hydrogens (tertiary/aromatic N) is 1. The number of ether oxygens (including phenoxy) is 10. The number of alkyl carbamates (subject to hydrolysis) is 2. The van der Waals surface area contributed by atoms with Gasteiger partial charge in [0.25, 0.3) is 5.69 Å². The summed E-state index contributed by atoms with van der Waals surface area (Å²) in [6, 6.07) is 15.8. The number of esters is 3. The van der Waals surface area contributed by atoms with E-state index in [-0.39, 0.29) is 90.3 Å². The van der Waals surface area contributed by atoms with Crippen LogP contribution in [0.1, 0.15) is 160 Å². The number of aliphatic hydroxyl groups is 3. The van der Waals surface area contributed by atoms with Gasteiger partial charge in [-0.25, -0.2) is 24.0 Å². The summed E-state index contributed by atoms with van der Waals surface area (Å²) in [4.78, 5) is 124. The number of amides is 3. The molecule has 0 aromatic heterocycles. The van der Waals surface area contributed by atoms with E-state index < -0.39 is 148 Å². The fourth-order valence-corrected chi connectivity index (χ4v) is 13.8. The first kappa shape index (κ1) is 73.2. The SMILES string of the molecule is COc1cc(C(C)OC(=O)O[C@@H](C(=O)O[C@H]2CC3(O)[C@@H](OC(=O)c4ccccc4)[C@@H]4[C@]5(OC(C)=O)CO[C@@H]5C[C@H](O)[C@@]4(C)C(=O)[C@H](O)C(=C2C)C3(C)C)[C@@H](NC(=O)OC(C)(C)C)c2ccccc2)c([N+](=O)[O-])cc1OCCCC(=O)NCCCNC(=O)OC1CC/C=C/CCC1. The molecule has 4 aliphatic carbocycles. The third-order valence-corrected chi connectivity index (χ3v) is 18.7. The number of ketones is 1. The first-order valence-electron chi connectivity index (χ1n) is 32.2. The minimum absolute atomic E-state index is 0.000666. The number of methoxy groups -OCH3 is 1. The molecule has 1 aliphatic heterocycles. The Bertz CT molecular complexity index is 3430. The van der Waals surface area contributed by atoms with Crippen molar-refractivity contribution in [3.05, 3.63) is 123 Å². The molecule has 8 rings (SSSR count). The van der Waals surface area contributed by atoms with Crippen LogP contribution in [0, 0.1) is 26.9 Å². The van der Waals surface area contributed by atoms with Crippen LogP contribution in [0.3, 0.4) is 0 Å². The van der Waals surface area contributed by atoms with Crippen molar-refractivity contribution >= 4 is 53.6 Å². The van der Waals surface area contributed by atoms with Crippen LogP contribution in [0.5, 0.6) is 11.5 Å². The summed E-state index contributed by atoms with van der Waals surface area (Å²) in [6.45, 7) is 12.9. The van der Waals surface area contributed by atoms with Gasteiger partial charge in [-0.2, -0.15) is 0 Å². The molecule has 2 bridgehead atoms. The Morgan fingerprint density at radius 1 is 0.854 bits per heavy atom. The molecule has 2 saturated carbocycles. The Balaban J connectivity index is 1.05. The minimum atomic E-state index is -2.56. The van der Waals surface area contributed by atoms with E-state index in [1.165, 1.54) is 72.1 Å². The second-order valence-electron chi connectivity index (χ2n) is 26.6. The van der Waals surface area contributed by atoms with Gasteiger partial charge in [-0.3, -0.25) is 24.5 Å². The lowest BCUT2D eigenvalue weighted by atomic mass is 9.44. The molecule has 3 aromatic rings. The van der Waals surface area contributed by atoms with Crippen LogP contribution >= 0.6 is 0 Å². The molecule has 13 atom stereocenters. The van der Waals surface area contributed by atoms with E-state index in [0.29, 0.717) is 6.42 Å². The van der Waals surface area contributed by atoms with Gasteiger partial charge in [-0.05, 0) is 121 Å². The van der Waals surface area contributed by atoms with E-state index in [0.717, 1.165) is 45.1 Å². The summed E-state index contributed by atoms with van der Waals surface area (Å²) < 4.78 is 58.9. The van der Waals surface area contributed by atoms with Crippen molar-refractivity contribution in [1.29, 1.82) is 0 Å². The molecule has 5 aliphatic rings. The van der Waals surface area contributed by atoms with Gasteiger partial charge < -0.3 is 78.6 Å². The molecule has 0 spiro atoms. The summed E-state index contributed by atoms with van der Waals surface area (Å²) in [7, 11) is 1.26. The van der Waals surface area contributed by atoms with Gasteiger partial charge >= 0.3 is 36.2 Å². The largest absolute Gasteiger partial charge is 0.509 e. The highest BCUT2D eigenvalue weighted by Gasteiger charge is 2.78. The summed E-state index contributed by atoms with van der Waals surface area (Å²) in [5, 5.41) is 59.5. The van der Waals surface area contributed by atoms with Crippen LogP contribution in [0.4, 0.5) is 20.1 Å². The predicted molar refractivity (Wildman–Crippen MR) is 340 cm³/mol. The van der Waals surface area contributed by atoms with Crippen molar-refractivity contribution in [2.75, 3.05) is 33.4 Å². The molecule has 96 heavy (non-hydrogen) atoms. The number of nitro groups is 1. The first-order chi connectivity index (χ1) is 45.4. The average Bonchev–Trinajstić information content (AvgIpc) is 0.671. The standard InChI is InChI=1S/C69H88N4O23/c1-39-49(37-69(84)59(94-60(79)43-26-18-15-19-27-43)57-67(9,58(78)55(77)53(39)66(69,7)8)50(75)36-51-68(57,38-89-51)95-41(3)74)92-61(80)56(54(42-24-16-14-17-25-42)72-63(82)96-65(4,5)6)93-64(83)90-40(2)45-34-47(87-10)48(35-46(45)73(85)86)88-33-22-30-52(76)70-31-23-32-71-62(81)91-44-28-20-12-11-13-21-29-44/h11-12,14-19,24-27,34-35,40,44,49-51,54-57,59,75,77,84H,13,20-23,28-33,36-38H2,1-10H3,(H,70,76)(H,71,81)(H,72,82)/b12-11+/t40?,44?,49-,50-,51+,54-,55+,56+,57-,59-,67+,68-,69?/m0/s1. The summed E-state index contributed by atoms with van der Waals surface area (Å²) in [5.41, 5.74) is -10.5. The van der Waals surface area contributed by atoms with Crippen molar-refractivity contribution in [3.8, 4) is 11.5 Å². The molecule has 27 nitrogen and oxygen atoms in total. The third-order valence-electron chi connectivity index (χ3n) is 18.7. The highest BCUT2D eigenvalue weighted by molar-refractivity contribution is 5.94. The number of aliphatic hydroxyl groups excluding tert-OH is 2. The van der Waals surface area contributed by atoms with Gasteiger partial charge in [0.1, 0.15) is 53.9 Å². The van der Waals surface area contributed by atoms with Crippen LogP contribution in [-0.4, -0.2) is 161 Å². The second-order valence-corrected chi connectivity index (χ2v) is 26.6. The van der Waals surface area contributed by atoms with Crippen LogP contribution in [0.25, 0.3) is 0 Å². The molecular weight excluding hydrogens is 1250 g/mol. The van der Waals surface area contributed by atoms with Gasteiger partial charge in [0.05, 0.1) is 59.9 Å². The lowest BCUT2D eigenvalue weighted by Crippen LogP contribution is -2.81. The topological polar surface area (TPSA) is 369 Å². The molecule has 3 aromatic carbocycles. The maximum absolute atomic E-state index is 15.5. The molecule has 522 valence electrons. The van der Waals surface area contributed by atoms with Crippen molar-refractivity contribution in [3.63, 3.8) is 0 Å². The smallest absolute Gasteiger partial charge is 0.493 e. The maximum atomic E-state index is 15.5. The fourth-order valence-electron chi connectivity index (χ4n) is 13.8. The van der Waals surface area contributed by atoms with Gasteiger partial charge in [-0.1, -0.05) is 74.5 Å². The predicted octanol–water partition coefficient (Wildman–Crippen LogP) is 8.38. The molecule has 0 radical (unpaired) electrons. The zero-order valence-electron chi connectivity index (χ0n) is 55.7. The quantitative estimate of drug-likeness (QED) is 0.0130. The number of nitro benzene ring substituents is 1. The number of rotatable bonds is 23. The van der Waals surface area contributed by atoms with E-state index in [1.54, 1.807) is 57.2 Å². The minimum Gasteiger partial charge on any atom is -0.493 e. The normalized spacial score (nSPS) is 27.1. The van der Waals surface area contributed by atoms with Crippen molar-refractivity contribution in [2.24, 2.45) is 16.7 Å². The van der Waals surface area contributed by atoms with Crippen LogP contribution in [0.2, 0.25) is 0 Å². The van der Waals surface area contributed by atoms with E-state index in [9.17, 15) is 54.2 Å². The number of benzene rings is 3. The molecular formula is C69H88N4O23. The number of allylic oxidation sites excluding steroid dienone is 2. The lowest BCUT2D eigenvalue weighted by Gasteiger charge is -2.67. The first-order valence-corrected chi connectivity index (χ1v) is 32.2. The number of nitrogens with one attached hydrogen (secondary N) is 3. The highest BCUT2D eigenvalue weighted by Crippen LogP contribution is 2.64. The third kappa shape index (κ3) is 16.1. The van der Waals surface area contributed by atoms with Gasteiger partial charge in [-0.15, -0.1) is 0 Å². The zero-order valence-corrected chi connectivity index (χ0v) is 55.7. The molecule has 1 heterocycles. The summed E-state index contributed by atoms with van der Waals surface area (Å²) >= 11 is 0. The summed E-state index contributed by atoms with van der Waals surface area (Å²) in [5.74, 6) is -6.44. The average molecular weight is 1340 g/mol. The monoisotopic (exact) mass is 1340 g/mol. The zero-order chi connectivity index (χ0) is 70.1. The Labute approximate surface area is 556 Å². The molecule has 27 heteroatoms. The van der Waals surface area contributed by atoms with Crippen molar-refractivity contribution < 1.29 is 106 Å². The Morgan fingerprint density at radius 3 is 2.18 bits per heavy atom. The van der Waals surface area contributed by atoms with Crippen molar-refractivity contribution in [2.45, 2.75) is 198 Å². The van der Waals surface area contributed by atoms with E-state index in [4.69, 9.17) is 47.4 Å². The highest BCUT2D eigenvalue weighted by atomic mass is 16.7. The Hall–Kier alpha value is -8.66. The van der Waals surface area contributed by atoms with E-state index in [2.05, 4.69) is 28.1 Å². The van der Waals surface area contributed by atoms with E-state index >= 15 is 9.59 Å². The number of hydrogen-bond acceptors (Lipinski definition) is 23. The van der Waals surface area contributed by atoms with Gasteiger partial charge in [0, 0.05) is 44.7 Å². The van der Waals surface area contributed by atoms with Crippen LogP contribution in [-0.2, 0) is 57.1 Å². The van der Waals surface area contributed by atoms with Crippen LogP contribution < -0.4 is 25.4 Å². The van der Waals surface area contributed by atoms with Gasteiger partial charge in [0.2, 0.25) is 12.0 Å². The summed E-state index contributed by atoms with van der Waals surface area (Å²) in [6.07, 6.45) is -7.77. The number of carbonyl (C=O) groups excluding carboxylic acids is 8. The number of Topliss-reactive ketones (excluding diaryl/α,β-unsaturated/α-hetero) is 1. The Kier molecular flexibility index (Phi) is 23.3. The number of hydrogen-bond donors (Lipinski definition) is 6.